The average Bonchev–Trinajstić information content (AvgIpc) is 3.12. The second kappa shape index (κ2) is 9.83. The van der Waals surface area contributed by atoms with Gasteiger partial charge in [0.2, 0.25) is 0 Å². The van der Waals surface area contributed by atoms with Crippen molar-refractivity contribution in [2.24, 2.45) is 5.73 Å². The van der Waals surface area contributed by atoms with Crippen molar-refractivity contribution in [3.63, 3.8) is 0 Å². The quantitative estimate of drug-likeness (QED) is 0.504. The Morgan fingerprint density at radius 3 is 2.38 bits per heavy atom. The lowest BCUT2D eigenvalue weighted by Gasteiger charge is -2.32. The maximum atomic E-state index is 12.9. The summed E-state index contributed by atoms with van der Waals surface area (Å²) < 4.78 is 16.2. The van der Waals surface area contributed by atoms with Crippen LogP contribution in [0.1, 0.15) is 39.2 Å². The van der Waals surface area contributed by atoms with E-state index in [1.807, 2.05) is 0 Å². The van der Waals surface area contributed by atoms with Gasteiger partial charge in [-0.05, 0) is 57.9 Å². The summed E-state index contributed by atoms with van der Waals surface area (Å²) in [6.45, 7) is 6.37. The maximum Gasteiger partial charge on any atom is 0.415 e. The summed E-state index contributed by atoms with van der Waals surface area (Å²) >= 11 is 4.94. The van der Waals surface area contributed by atoms with Crippen LogP contribution in [0.15, 0.2) is 24.3 Å². The van der Waals surface area contributed by atoms with E-state index in [1.165, 1.54) is 4.90 Å². The number of esters is 1. The highest BCUT2D eigenvalue weighted by Crippen LogP contribution is 2.24. The number of carbonyl (C=O) groups excluding carboxylic acids is 3. The molecule has 174 valence electrons. The number of rotatable bonds is 6. The van der Waals surface area contributed by atoms with E-state index in [0.29, 0.717) is 37.2 Å². The smallest absolute Gasteiger partial charge is 0.415 e. The van der Waals surface area contributed by atoms with Crippen molar-refractivity contribution in [2.45, 2.75) is 51.4 Å². The zero-order chi connectivity index (χ0) is 23.5. The van der Waals surface area contributed by atoms with E-state index >= 15 is 0 Å². The minimum Gasteiger partial charge on any atom is -0.458 e. The minimum absolute atomic E-state index is 0.112. The van der Waals surface area contributed by atoms with Gasteiger partial charge in [0.1, 0.15) is 17.2 Å². The molecule has 1 atom stereocenters. The van der Waals surface area contributed by atoms with Gasteiger partial charge in [0.25, 0.3) is 5.91 Å². The average molecular weight is 464 g/mol. The Hall–Kier alpha value is -2.72. The van der Waals surface area contributed by atoms with E-state index in [0.717, 1.165) is 0 Å². The molecule has 0 aromatic heterocycles. The molecule has 1 aromatic carbocycles. The Bertz CT molecular complexity index is 875. The lowest BCUT2D eigenvalue weighted by Crippen LogP contribution is -2.46. The van der Waals surface area contributed by atoms with Crippen LogP contribution in [0.2, 0.25) is 0 Å². The standard InChI is InChI=1S/C22H29N3O6S/c1-22(2,3)31-18(26)13-29-16-8-10-24(11-9-16)20(27)17-12-25(21(28)30-17)15-6-4-14(5-7-15)19(23)32/h4-7,16-17H,8-13H2,1-3H3,(H2,23,32). The van der Waals surface area contributed by atoms with Crippen LogP contribution < -0.4 is 10.6 Å². The maximum absolute atomic E-state index is 12.9. The number of thiocarbonyl (C=S) groups is 1. The van der Waals surface area contributed by atoms with Gasteiger partial charge in [-0.3, -0.25) is 9.69 Å². The molecule has 32 heavy (non-hydrogen) atoms. The lowest BCUT2D eigenvalue weighted by atomic mass is 10.1. The van der Waals surface area contributed by atoms with Crippen LogP contribution in [0.4, 0.5) is 10.5 Å². The topological polar surface area (TPSA) is 111 Å². The Kier molecular flexibility index (Phi) is 7.35. The molecule has 1 unspecified atom stereocenters. The van der Waals surface area contributed by atoms with Crippen molar-refractivity contribution < 1.29 is 28.6 Å². The fraction of sp³-hybridized carbons (Fsp3) is 0.545. The summed E-state index contributed by atoms with van der Waals surface area (Å²) in [4.78, 5) is 40.3. The molecule has 2 fully saturated rings. The molecule has 2 amide bonds. The predicted octanol–water partition coefficient (Wildman–Crippen LogP) is 2.00. The zero-order valence-electron chi connectivity index (χ0n) is 18.5. The van der Waals surface area contributed by atoms with Gasteiger partial charge >= 0.3 is 12.1 Å². The molecule has 0 radical (unpaired) electrons. The fourth-order valence-corrected chi connectivity index (χ4v) is 3.75. The number of benzene rings is 1. The number of nitrogens with zero attached hydrogens (tertiary/aromatic N) is 2. The van der Waals surface area contributed by atoms with E-state index in [4.69, 9.17) is 32.2 Å². The van der Waals surface area contributed by atoms with E-state index in [2.05, 4.69) is 0 Å². The Morgan fingerprint density at radius 2 is 1.81 bits per heavy atom. The first-order valence-electron chi connectivity index (χ1n) is 10.5. The number of carbonyl (C=O) groups is 3. The third kappa shape index (κ3) is 6.17. The number of cyclic esters (lactones) is 1. The first-order chi connectivity index (χ1) is 15.0. The van der Waals surface area contributed by atoms with E-state index in [1.54, 1.807) is 49.9 Å². The first kappa shape index (κ1) is 23.9. The zero-order valence-corrected chi connectivity index (χ0v) is 19.4. The van der Waals surface area contributed by atoms with Crippen LogP contribution in [0.5, 0.6) is 0 Å². The molecule has 2 saturated heterocycles. The van der Waals surface area contributed by atoms with Gasteiger partial charge in [0.15, 0.2) is 6.10 Å². The van der Waals surface area contributed by atoms with Gasteiger partial charge in [-0.1, -0.05) is 12.2 Å². The lowest BCUT2D eigenvalue weighted by molar-refractivity contribution is -0.163. The molecule has 2 aliphatic rings. The highest BCUT2D eigenvalue weighted by molar-refractivity contribution is 7.80. The van der Waals surface area contributed by atoms with E-state index in [9.17, 15) is 14.4 Å². The number of nitrogens with two attached hydrogens (primary N) is 1. The second-order valence-corrected chi connectivity index (χ2v) is 9.26. The van der Waals surface area contributed by atoms with Gasteiger partial charge < -0.3 is 24.8 Å². The van der Waals surface area contributed by atoms with Crippen LogP contribution in [0.3, 0.4) is 0 Å². The second-order valence-electron chi connectivity index (χ2n) is 8.82. The minimum atomic E-state index is -0.864. The van der Waals surface area contributed by atoms with Crippen LogP contribution in [0.25, 0.3) is 0 Å². The Morgan fingerprint density at radius 1 is 1.19 bits per heavy atom. The summed E-state index contributed by atoms with van der Waals surface area (Å²) in [5.41, 5.74) is 6.35. The summed E-state index contributed by atoms with van der Waals surface area (Å²) in [6, 6.07) is 6.89. The molecule has 0 saturated carbocycles. The van der Waals surface area contributed by atoms with Gasteiger partial charge in [-0.25, -0.2) is 9.59 Å². The molecular formula is C22H29N3O6S. The SMILES string of the molecule is CC(C)(C)OC(=O)COC1CCN(C(=O)C2CN(c3ccc(C(N)=S)cc3)C(=O)O2)CC1. The van der Waals surface area contributed by atoms with Crippen molar-refractivity contribution >= 4 is 40.9 Å². The Balaban J connectivity index is 1.47. The highest BCUT2D eigenvalue weighted by Gasteiger charge is 2.40. The molecule has 10 heteroatoms. The number of likely N-dealkylation sites (tertiary alicyclic amines) is 1. The number of anilines is 1. The van der Waals surface area contributed by atoms with Crippen molar-refractivity contribution in [3.05, 3.63) is 29.8 Å². The number of hydrogen-bond donors (Lipinski definition) is 1. The van der Waals surface area contributed by atoms with Crippen molar-refractivity contribution in [2.75, 3.05) is 31.1 Å². The van der Waals surface area contributed by atoms with E-state index < -0.39 is 23.8 Å². The van der Waals surface area contributed by atoms with Crippen LogP contribution >= 0.6 is 12.2 Å². The van der Waals surface area contributed by atoms with Gasteiger partial charge in [-0.15, -0.1) is 0 Å². The van der Waals surface area contributed by atoms with Crippen molar-refractivity contribution in [1.82, 2.24) is 4.90 Å². The largest absolute Gasteiger partial charge is 0.458 e. The third-order valence-corrected chi connectivity index (χ3v) is 5.40. The van der Waals surface area contributed by atoms with Crippen LogP contribution in [-0.4, -0.2) is 71.9 Å². The summed E-state index contributed by atoms with van der Waals surface area (Å²) in [5, 5.41) is 0. The molecule has 0 bridgehead atoms. The normalized spacial score (nSPS) is 19.6. The van der Waals surface area contributed by atoms with Crippen LogP contribution in [0, 0.1) is 0 Å². The number of amides is 2. The van der Waals surface area contributed by atoms with Gasteiger partial charge in [-0.2, -0.15) is 0 Å². The molecule has 3 rings (SSSR count). The van der Waals surface area contributed by atoms with Crippen molar-refractivity contribution in [3.8, 4) is 0 Å². The van der Waals surface area contributed by atoms with Crippen molar-refractivity contribution in [1.29, 1.82) is 0 Å². The predicted molar refractivity (Wildman–Crippen MR) is 121 cm³/mol. The Labute approximate surface area is 192 Å². The number of ether oxygens (including phenoxy) is 3. The molecule has 0 aliphatic carbocycles. The summed E-state index contributed by atoms with van der Waals surface area (Å²) in [7, 11) is 0. The molecule has 2 N–H and O–H groups in total. The molecule has 2 heterocycles. The third-order valence-electron chi connectivity index (χ3n) is 5.16. The first-order valence-corrected chi connectivity index (χ1v) is 10.9. The molecule has 1 aromatic rings. The van der Waals surface area contributed by atoms with Gasteiger partial charge in [0, 0.05) is 24.3 Å². The van der Waals surface area contributed by atoms with E-state index in [-0.39, 0.29) is 30.2 Å². The number of piperidine rings is 1. The molecule has 9 nitrogen and oxygen atoms in total. The number of hydrogen-bond acceptors (Lipinski definition) is 7. The highest BCUT2D eigenvalue weighted by atomic mass is 32.1. The molecular weight excluding hydrogens is 434 g/mol. The van der Waals surface area contributed by atoms with Gasteiger partial charge in [0.05, 0.1) is 12.6 Å². The van der Waals surface area contributed by atoms with Crippen LogP contribution in [-0.2, 0) is 23.8 Å². The monoisotopic (exact) mass is 463 g/mol. The fourth-order valence-electron chi connectivity index (χ4n) is 3.61. The summed E-state index contributed by atoms with van der Waals surface area (Å²) in [5.74, 6) is -0.638. The molecule has 0 spiro atoms. The molecule has 2 aliphatic heterocycles. The summed E-state index contributed by atoms with van der Waals surface area (Å²) in [6.07, 6.45) is -0.362.